The minimum atomic E-state index is -0.502. The van der Waals surface area contributed by atoms with E-state index in [4.69, 9.17) is 0 Å². The number of rotatable bonds is 5. The Hall–Kier alpha value is -3.29. The molecule has 3 aromatic heterocycles. The zero-order valence-corrected chi connectivity index (χ0v) is 17.6. The largest absolute Gasteiger partial charge is 0.351 e. The molecule has 0 unspecified atom stereocenters. The molecule has 0 saturated carbocycles. The van der Waals surface area contributed by atoms with Gasteiger partial charge in [0.15, 0.2) is 5.65 Å². The molecular formula is C22H25FN6O. The van der Waals surface area contributed by atoms with E-state index in [1.54, 1.807) is 12.1 Å². The van der Waals surface area contributed by atoms with Gasteiger partial charge in [0.1, 0.15) is 18.3 Å². The smallest absolute Gasteiger partial charge is 0.255 e. The maximum atomic E-state index is 12.9. The normalized spacial score (nSPS) is 12.0. The van der Waals surface area contributed by atoms with E-state index in [0.717, 1.165) is 22.7 Å². The fraction of sp³-hybridized carbons (Fsp3) is 0.364. The lowest BCUT2D eigenvalue weighted by Crippen LogP contribution is -2.27. The summed E-state index contributed by atoms with van der Waals surface area (Å²) in [7, 11) is 1.90. The molecule has 0 aliphatic carbocycles. The number of aryl methyl sites for hydroxylation is 1. The van der Waals surface area contributed by atoms with Crippen molar-refractivity contribution in [2.75, 3.05) is 6.54 Å². The van der Waals surface area contributed by atoms with Crippen LogP contribution in [0.2, 0.25) is 0 Å². The summed E-state index contributed by atoms with van der Waals surface area (Å²) in [4.78, 5) is 17.4. The Morgan fingerprint density at radius 3 is 2.73 bits per heavy atom. The van der Waals surface area contributed by atoms with Gasteiger partial charge in [-0.15, -0.1) is 10.2 Å². The number of nitrogens with zero attached hydrogens (tertiary/aromatic N) is 5. The molecule has 1 aromatic carbocycles. The number of carbonyl (C=O) groups is 1. The first-order valence-corrected chi connectivity index (χ1v) is 9.92. The van der Waals surface area contributed by atoms with Crippen LogP contribution in [0.3, 0.4) is 0 Å². The molecule has 0 radical (unpaired) electrons. The number of benzene rings is 1. The summed E-state index contributed by atoms with van der Waals surface area (Å²) < 4.78 is 16.7. The Kier molecular flexibility index (Phi) is 5.01. The van der Waals surface area contributed by atoms with Gasteiger partial charge in [0, 0.05) is 31.6 Å². The fourth-order valence-electron chi connectivity index (χ4n) is 3.58. The quantitative estimate of drug-likeness (QED) is 0.549. The van der Waals surface area contributed by atoms with E-state index in [1.807, 2.05) is 40.4 Å². The van der Waals surface area contributed by atoms with Gasteiger partial charge >= 0.3 is 0 Å². The van der Waals surface area contributed by atoms with Gasteiger partial charge in [-0.25, -0.2) is 9.37 Å². The summed E-state index contributed by atoms with van der Waals surface area (Å²) in [5.41, 5.74) is 3.17. The number of alkyl halides is 1. The van der Waals surface area contributed by atoms with Gasteiger partial charge < -0.3 is 9.88 Å². The van der Waals surface area contributed by atoms with Crippen LogP contribution in [0.5, 0.6) is 0 Å². The van der Waals surface area contributed by atoms with Crippen LogP contribution < -0.4 is 5.32 Å². The molecule has 7 nitrogen and oxygen atoms in total. The Labute approximate surface area is 173 Å². The number of carbonyl (C=O) groups excluding carboxylic acids is 1. The summed E-state index contributed by atoms with van der Waals surface area (Å²) in [6.45, 7) is 6.10. The molecule has 0 bridgehead atoms. The molecule has 0 aliphatic heterocycles. The van der Waals surface area contributed by atoms with Gasteiger partial charge in [-0.2, -0.15) is 0 Å². The monoisotopic (exact) mass is 408 g/mol. The van der Waals surface area contributed by atoms with Gasteiger partial charge in [0.05, 0.1) is 16.6 Å². The van der Waals surface area contributed by atoms with Crippen molar-refractivity contribution in [1.82, 2.24) is 29.5 Å². The van der Waals surface area contributed by atoms with Crippen molar-refractivity contribution in [2.24, 2.45) is 7.05 Å². The number of imidazole rings is 1. The zero-order valence-electron chi connectivity index (χ0n) is 17.6. The van der Waals surface area contributed by atoms with Gasteiger partial charge in [-0.3, -0.25) is 9.20 Å². The molecule has 4 rings (SSSR count). The summed E-state index contributed by atoms with van der Waals surface area (Å²) in [5, 5.41) is 11.5. The first-order valence-electron chi connectivity index (χ1n) is 9.92. The molecule has 0 fully saturated rings. The molecule has 156 valence electrons. The van der Waals surface area contributed by atoms with Crippen LogP contribution in [-0.2, 0) is 25.6 Å². The second kappa shape index (κ2) is 7.51. The van der Waals surface area contributed by atoms with E-state index in [-0.39, 0.29) is 11.3 Å². The van der Waals surface area contributed by atoms with Gasteiger partial charge in [0.25, 0.3) is 5.91 Å². The maximum absolute atomic E-state index is 12.9. The molecule has 0 spiro atoms. The van der Waals surface area contributed by atoms with E-state index in [2.05, 4.69) is 41.3 Å². The third kappa shape index (κ3) is 3.53. The van der Waals surface area contributed by atoms with E-state index in [0.29, 0.717) is 29.7 Å². The highest BCUT2D eigenvalue weighted by Gasteiger charge is 2.23. The molecule has 1 amide bonds. The summed E-state index contributed by atoms with van der Waals surface area (Å²) >= 11 is 0. The highest BCUT2D eigenvalue weighted by Crippen LogP contribution is 2.22. The van der Waals surface area contributed by atoms with E-state index in [1.165, 1.54) is 0 Å². The molecule has 30 heavy (non-hydrogen) atoms. The van der Waals surface area contributed by atoms with E-state index in [9.17, 15) is 9.18 Å². The van der Waals surface area contributed by atoms with Crippen molar-refractivity contribution in [3.05, 3.63) is 59.3 Å². The first kappa shape index (κ1) is 20.0. The first-order chi connectivity index (χ1) is 14.3. The minimum Gasteiger partial charge on any atom is -0.351 e. The topological polar surface area (TPSA) is 77.1 Å². The zero-order chi connectivity index (χ0) is 21.5. The number of nitrogens with one attached hydrogen (secondary N) is 1. The summed E-state index contributed by atoms with van der Waals surface area (Å²) in [6.07, 6.45) is 2.43. The SMILES string of the molecule is Cn1c(CCNC(=O)c2cccn3c(C(C)(C)C)nnc23)nc2ccc(CF)cc21. The Morgan fingerprint density at radius 2 is 2.00 bits per heavy atom. The molecule has 0 saturated heterocycles. The standard InChI is InChI=1S/C22H25FN6O/c1-22(2,3)21-27-26-19-15(6-5-11-29(19)21)20(30)24-10-9-18-25-16-8-7-14(13-23)12-17(16)28(18)4/h5-8,11-12H,9-10,13H2,1-4H3,(H,24,30). The third-order valence-electron chi connectivity index (χ3n) is 5.18. The van der Waals surface area contributed by atoms with Crippen LogP contribution in [-0.4, -0.2) is 36.6 Å². The number of pyridine rings is 1. The second-order valence-electron chi connectivity index (χ2n) is 8.44. The Morgan fingerprint density at radius 1 is 1.20 bits per heavy atom. The highest BCUT2D eigenvalue weighted by molar-refractivity contribution is 5.99. The summed E-state index contributed by atoms with van der Waals surface area (Å²) in [6, 6.07) is 8.95. The lowest BCUT2D eigenvalue weighted by molar-refractivity contribution is 0.0955. The molecule has 1 N–H and O–H groups in total. The van der Waals surface area contributed by atoms with Crippen molar-refractivity contribution < 1.29 is 9.18 Å². The van der Waals surface area contributed by atoms with Crippen molar-refractivity contribution in [2.45, 2.75) is 39.3 Å². The lowest BCUT2D eigenvalue weighted by Gasteiger charge is -2.15. The fourth-order valence-corrected chi connectivity index (χ4v) is 3.58. The molecular weight excluding hydrogens is 383 g/mol. The number of halogens is 1. The predicted molar refractivity (Wildman–Crippen MR) is 113 cm³/mol. The molecule has 3 heterocycles. The average molecular weight is 408 g/mol. The number of fused-ring (bicyclic) bond motifs is 2. The van der Waals surface area contributed by atoms with Crippen LogP contribution in [0, 0.1) is 0 Å². The molecule has 8 heteroatoms. The number of aromatic nitrogens is 5. The van der Waals surface area contributed by atoms with Crippen LogP contribution >= 0.6 is 0 Å². The summed E-state index contributed by atoms with van der Waals surface area (Å²) in [5.74, 6) is 1.43. The van der Waals surface area contributed by atoms with Crippen LogP contribution in [0.1, 0.15) is 48.3 Å². The van der Waals surface area contributed by atoms with Crippen LogP contribution in [0.15, 0.2) is 36.5 Å². The van der Waals surface area contributed by atoms with Gasteiger partial charge in [-0.05, 0) is 29.8 Å². The molecule has 0 aliphatic rings. The Bertz CT molecular complexity index is 1230. The van der Waals surface area contributed by atoms with E-state index < -0.39 is 6.67 Å². The highest BCUT2D eigenvalue weighted by atomic mass is 19.1. The van der Waals surface area contributed by atoms with Crippen LogP contribution in [0.4, 0.5) is 4.39 Å². The van der Waals surface area contributed by atoms with Crippen molar-refractivity contribution in [1.29, 1.82) is 0 Å². The third-order valence-corrected chi connectivity index (χ3v) is 5.18. The maximum Gasteiger partial charge on any atom is 0.255 e. The molecule has 4 aromatic rings. The molecule has 0 atom stereocenters. The van der Waals surface area contributed by atoms with Crippen molar-refractivity contribution in [3.8, 4) is 0 Å². The number of hydrogen-bond donors (Lipinski definition) is 1. The minimum absolute atomic E-state index is 0.184. The van der Waals surface area contributed by atoms with Crippen LogP contribution in [0.25, 0.3) is 16.7 Å². The number of amides is 1. The van der Waals surface area contributed by atoms with Crippen molar-refractivity contribution in [3.63, 3.8) is 0 Å². The lowest BCUT2D eigenvalue weighted by atomic mass is 9.96. The van der Waals surface area contributed by atoms with Gasteiger partial charge in [-0.1, -0.05) is 26.8 Å². The average Bonchev–Trinajstić information content (AvgIpc) is 3.29. The van der Waals surface area contributed by atoms with E-state index >= 15 is 0 Å². The second-order valence-corrected chi connectivity index (χ2v) is 8.44. The Balaban J connectivity index is 1.50. The van der Waals surface area contributed by atoms with Gasteiger partial charge in [0.2, 0.25) is 0 Å². The predicted octanol–water partition coefficient (Wildman–Crippen LogP) is 3.36. The number of hydrogen-bond acceptors (Lipinski definition) is 4. The van der Waals surface area contributed by atoms with Crippen molar-refractivity contribution >= 4 is 22.6 Å².